The molecular formula is C11H11BrN2S2. The average molecular weight is 315 g/mol. The van der Waals surface area contributed by atoms with Crippen LogP contribution < -0.4 is 0 Å². The van der Waals surface area contributed by atoms with E-state index in [4.69, 9.17) is 0 Å². The van der Waals surface area contributed by atoms with Gasteiger partial charge >= 0.3 is 0 Å². The molecule has 0 saturated heterocycles. The smallest absolute Gasteiger partial charge is 0.130 e. The summed E-state index contributed by atoms with van der Waals surface area (Å²) in [5, 5.41) is 7.98. The van der Waals surface area contributed by atoms with E-state index in [1.807, 2.05) is 0 Å². The molecule has 1 aromatic carbocycles. The van der Waals surface area contributed by atoms with Gasteiger partial charge in [0, 0.05) is 4.90 Å². The van der Waals surface area contributed by atoms with E-state index >= 15 is 0 Å². The Morgan fingerprint density at radius 3 is 2.38 bits per heavy atom. The Balaban J connectivity index is 2.11. The third kappa shape index (κ3) is 3.06. The van der Waals surface area contributed by atoms with E-state index in [1.165, 1.54) is 10.5 Å². The van der Waals surface area contributed by atoms with Crippen molar-refractivity contribution >= 4 is 39.0 Å². The van der Waals surface area contributed by atoms with Crippen LogP contribution in [-0.4, -0.2) is 10.2 Å². The van der Waals surface area contributed by atoms with E-state index in [1.54, 1.807) is 23.1 Å². The summed E-state index contributed by atoms with van der Waals surface area (Å²) in [7, 11) is 0. The van der Waals surface area contributed by atoms with Gasteiger partial charge in [0.2, 0.25) is 0 Å². The Morgan fingerprint density at radius 1 is 1.19 bits per heavy atom. The minimum Gasteiger partial charge on any atom is -0.130 e. The van der Waals surface area contributed by atoms with E-state index < -0.39 is 0 Å². The highest BCUT2D eigenvalue weighted by Crippen LogP contribution is 2.32. The van der Waals surface area contributed by atoms with Gasteiger partial charge in [0.25, 0.3) is 0 Å². The second-order valence-electron chi connectivity index (χ2n) is 3.65. The summed E-state index contributed by atoms with van der Waals surface area (Å²) in [6.45, 7) is 4.40. The topological polar surface area (TPSA) is 25.8 Å². The molecule has 5 heteroatoms. The van der Waals surface area contributed by atoms with Crippen molar-refractivity contribution in [3.8, 4) is 0 Å². The molecule has 2 rings (SSSR count). The summed E-state index contributed by atoms with van der Waals surface area (Å²) in [6, 6.07) is 8.61. The lowest BCUT2D eigenvalue weighted by Crippen LogP contribution is -1.85. The maximum absolute atomic E-state index is 4.05. The van der Waals surface area contributed by atoms with E-state index in [-0.39, 0.29) is 0 Å². The van der Waals surface area contributed by atoms with Crippen LogP contribution in [0.2, 0.25) is 0 Å². The van der Waals surface area contributed by atoms with Gasteiger partial charge < -0.3 is 0 Å². The van der Waals surface area contributed by atoms with Crippen molar-refractivity contribution < 1.29 is 0 Å². The van der Waals surface area contributed by atoms with E-state index in [0.717, 1.165) is 8.26 Å². The monoisotopic (exact) mass is 314 g/mol. The summed E-state index contributed by atoms with van der Waals surface area (Å²) in [5.74, 6) is 0.578. The molecular weight excluding hydrogens is 304 g/mol. The highest BCUT2D eigenvalue weighted by Gasteiger charge is 2.04. The van der Waals surface area contributed by atoms with Crippen molar-refractivity contribution in [1.29, 1.82) is 0 Å². The molecule has 84 valence electrons. The quantitative estimate of drug-likeness (QED) is 0.829. The molecule has 2 aromatic rings. The highest BCUT2D eigenvalue weighted by atomic mass is 79.9. The zero-order valence-corrected chi connectivity index (χ0v) is 12.2. The summed E-state index contributed by atoms with van der Waals surface area (Å²) >= 11 is 6.50. The second-order valence-corrected chi connectivity index (χ2v) is 7.22. The predicted octanol–water partition coefficient (Wildman–Crippen LogP) is 4.58. The molecule has 0 aliphatic heterocycles. The molecule has 0 unspecified atom stereocenters. The number of hydrogen-bond donors (Lipinski definition) is 0. The molecule has 1 heterocycles. The van der Waals surface area contributed by atoms with Gasteiger partial charge in [-0.3, -0.25) is 0 Å². The van der Waals surface area contributed by atoms with Gasteiger partial charge in [0.15, 0.2) is 8.26 Å². The lowest BCUT2D eigenvalue weighted by Gasteiger charge is -2.05. The van der Waals surface area contributed by atoms with Gasteiger partial charge in [-0.1, -0.05) is 49.1 Å². The Morgan fingerprint density at radius 2 is 1.88 bits per heavy atom. The molecule has 2 nitrogen and oxygen atoms in total. The minimum absolute atomic E-state index is 0.578. The first-order valence-corrected chi connectivity index (χ1v) is 7.34. The number of nitrogens with zero attached hydrogens (tertiary/aromatic N) is 2. The van der Waals surface area contributed by atoms with Crippen LogP contribution in [0.5, 0.6) is 0 Å². The van der Waals surface area contributed by atoms with Gasteiger partial charge in [0.05, 0.1) is 0 Å². The van der Waals surface area contributed by atoms with Crippen LogP contribution in [0.4, 0.5) is 0 Å². The first-order chi connectivity index (χ1) is 7.65. The Bertz CT molecular complexity index is 465. The molecule has 0 aliphatic carbocycles. The molecule has 0 bridgehead atoms. The normalized spacial score (nSPS) is 11.0. The summed E-state index contributed by atoms with van der Waals surface area (Å²) < 4.78 is 1.79. The lowest BCUT2D eigenvalue weighted by atomic mass is 10.0. The van der Waals surface area contributed by atoms with Gasteiger partial charge in [-0.15, -0.1) is 10.2 Å². The largest absolute Gasteiger partial charge is 0.184 e. The van der Waals surface area contributed by atoms with E-state index in [9.17, 15) is 0 Å². The number of rotatable bonds is 3. The Hall–Kier alpha value is -0.390. The Labute approximate surface area is 112 Å². The molecule has 0 radical (unpaired) electrons. The van der Waals surface area contributed by atoms with E-state index in [2.05, 4.69) is 64.2 Å². The SMILES string of the molecule is CC(C)c1ccc(Sc2nnc(Br)s2)cc1. The maximum atomic E-state index is 4.05. The number of aromatic nitrogens is 2. The molecule has 0 fully saturated rings. The van der Waals surface area contributed by atoms with E-state index in [0.29, 0.717) is 5.92 Å². The third-order valence-corrected chi connectivity index (χ3v) is 4.55. The van der Waals surface area contributed by atoms with Gasteiger partial charge in [-0.05, 0) is 39.5 Å². The molecule has 0 amide bonds. The van der Waals surface area contributed by atoms with Crippen LogP contribution in [0.15, 0.2) is 37.4 Å². The fourth-order valence-corrected chi connectivity index (χ4v) is 3.67. The molecule has 1 aromatic heterocycles. The zero-order valence-electron chi connectivity index (χ0n) is 8.98. The average Bonchev–Trinajstić information content (AvgIpc) is 2.65. The van der Waals surface area contributed by atoms with Crippen LogP contribution in [0.1, 0.15) is 25.3 Å². The third-order valence-electron chi connectivity index (χ3n) is 2.13. The summed E-state index contributed by atoms with van der Waals surface area (Å²) in [6.07, 6.45) is 0. The summed E-state index contributed by atoms with van der Waals surface area (Å²) in [5.41, 5.74) is 1.36. The standard InChI is InChI=1S/C11H11BrN2S2/c1-7(2)8-3-5-9(6-4-8)15-11-14-13-10(12)16-11/h3-7H,1-2H3. The number of halogens is 1. The first-order valence-electron chi connectivity index (χ1n) is 4.92. The van der Waals surface area contributed by atoms with Crippen molar-refractivity contribution in [3.63, 3.8) is 0 Å². The van der Waals surface area contributed by atoms with Crippen LogP contribution >= 0.6 is 39.0 Å². The fourth-order valence-electron chi connectivity index (χ4n) is 1.26. The molecule has 16 heavy (non-hydrogen) atoms. The van der Waals surface area contributed by atoms with Crippen LogP contribution in [0.25, 0.3) is 0 Å². The first kappa shape index (κ1) is 12.1. The van der Waals surface area contributed by atoms with Crippen molar-refractivity contribution in [2.45, 2.75) is 29.0 Å². The molecule has 0 N–H and O–H groups in total. The van der Waals surface area contributed by atoms with Crippen LogP contribution in [0.3, 0.4) is 0 Å². The fraction of sp³-hybridized carbons (Fsp3) is 0.273. The van der Waals surface area contributed by atoms with Crippen LogP contribution in [-0.2, 0) is 0 Å². The molecule has 0 spiro atoms. The van der Waals surface area contributed by atoms with Crippen molar-refractivity contribution in [2.24, 2.45) is 0 Å². The number of benzene rings is 1. The lowest BCUT2D eigenvalue weighted by molar-refractivity contribution is 0.865. The number of hydrogen-bond acceptors (Lipinski definition) is 4. The molecule has 0 atom stereocenters. The van der Waals surface area contributed by atoms with Crippen molar-refractivity contribution in [1.82, 2.24) is 10.2 Å². The van der Waals surface area contributed by atoms with Gasteiger partial charge in [0.1, 0.15) is 0 Å². The van der Waals surface area contributed by atoms with Crippen LogP contribution in [0, 0.1) is 0 Å². The zero-order chi connectivity index (χ0) is 11.5. The second kappa shape index (κ2) is 5.29. The maximum Gasteiger partial charge on any atom is 0.184 e. The molecule has 0 saturated carbocycles. The van der Waals surface area contributed by atoms with Crippen molar-refractivity contribution in [3.05, 3.63) is 33.7 Å². The summed E-state index contributed by atoms with van der Waals surface area (Å²) in [4.78, 5) is 1.20. The van der Waals surface area contributed by atoms with Gasteiger partial charge in [-0.2, -0.15) is 0 Å². The molecule has 0 aliphatic rings. The highest BCUT2D eigenvalue weighted by molar-refractivity contribution is 9.11. The van der Waals surface area contributed by atoms with Gasteiger partial charge in [-0.25, -0.2) is 0 Å². The minimum atomic E-state index is 0.578. The Kier molecular flexibility index (Phi) is 4.00. The van der Waals surface area contributed by atoms with Crippen molar-refractivity contribution in [2.75, 3.05) is 0 Å². The predicted molar refractivity (Wildman–Crippen MR) is 72.3 cm³/mol.